The summed E-state index contributed by atoms with van der Waals surface area (Å²) < 4.78 is 2.02. The number of nitrogens with zero attached hydrogens (tertiary/aromatic N) is 2. The predicted molar refractivity (Wildman–Crippen MR) is 101 cm³/mol. The molecule has 0 saturated heterocycles. The lowest BCUT2D eigenvalue weighted by Gasteiger charge is -2.13. The van der Waals surface area contributed by atoms with Crippen molar-refractivity contribution in [3.8, 4) is 11.1 Å². The number of pyridine rings is 1. The molecule has 0 spiro atoms. The molecule has 1 amide bonds. The summed E-state index contributed by atoms with van der Waals surface area (Å²) >= 11 is 0. The Bertz CT molecular complexity index is 866. The van der Waals surface area contributed by atoms with Crippen LogP contribution in [0.5, 0.6) is 0 Å². The maximum atomic E-state index is 12.7. The maximum Gasteiger partial charge on any atom is 0.268 e. The standard InChI is InChI=1S/C21H23N3O/c1-15(2)23-21(25)20-12-19(17-8-10-22-11-9-17)14-24(20)13-18-7-5-4-6-16(18)3/h4-12,14-15H,13H2,1-3H3,(H,23,25). The zero-order valence-corrected chi connectivity index (χ0v) is 14.9. The Hall–Kier alpha value is -2.88. The van der Waals surface area contributed by atoms with Gasteiger partial charge in [-0.15, -0.1) is 0 Å². The van der Waals surface area contributed by atoms with Gasteiger partial charge in [-0.3, -0.25) is 9.78 Å². The third-order valence-corrected chi connectivity index (χ3v) is 4.16. The van der Waals surface area contributed by atoms with E-state index in [0.717, 1.165) is 11.1 Å². The van der Waals surface area contributed by atoms with Crippen molar-refractivity contribution >= 4 is 5.91 Å². The van der Waals surface area contributed by atoms with E-state index in [0.29, 0.717) is 12.2 Å². The Morgan fingerprint density at radius 3 is 2.52 bits per heavy atom. The molecule has 4 nitrogen and oxygen atoms in total. The van der Waals surface area contributed by atoms with E-state index in [-0.39, 0.29) is 11.9 Å². The van der Waals surface area contributed by atoms with Crippen LogP contribution in [0.15, 0.2) is 61.1 Å². The molecule has 2 heterocycles. The van der Waals surface area contributed by atoms with Gasteiger partial charge in [0.25, 0.3) is 5.91 Å². The van der Waals surface area contributed by atoms with Gasteiger partial charge < -0.3 is 9.88 Å². The van der Waals surface area contributed by atoms with Crippen molar-refractivity contribution in [2.45, 2.75) is 33.4 Å². The largest absolute Gasteiger partial charge is 0.349 e. The first-order valence-corrected chi connectivity index (χ1v) is 8.50. The van der Waals surface area contributed by atoms with E-state index in [1.807, 2.05) is 54.9 Å². The smallest absolute Gasteiger partial charge is 0.268 e. The average Bonchev–Trinajstić information content (AvgIpc) is 3.01. The number of hydrogen-bond acceptors (Lipinski definition) is 2. The molecule has 128 valence electrons. The first-order chi connectivity index (χ1) is 12.0. The number of aromatic nitrogens is 2. The van der Waals surface area contributed by atoms with Crippen LogP contribution >= 0.6 is 0 Å². The van der Waals surface area contributed by atoms with E-state index in [2.05, 4.69) is 29.4 Å². The van der Waals surface area contributed by atoms with Crippen LogP contribution in [-0.4, -0.2) is 21.5 Å². The third-order valence-electron chi connectivity index (χ3n) is 4.16. The Morgan fingerprint density at radius 1 is 1.12 bits per heavy atom. The number of nitrogens with one attached hydrogen (secondary N) is 1. The highest BCUT2D eigenvalue weighted by Gasteiger charge is 2.16. The highest BCUT2D eigenvalue weighted by Crippen LogP contribution is 2.23. The van der Waals surface area contributed by atoms with Crippen molar-refractivity contribution in [2.24, 2.45) is 0 Å². The van der Waals surface area contributed by atoms with Gasteiger partial charge in [0, 0.05) is 36.7 Å². The predicted octanol–water partition coefficient (Wildman–Crippen LogP) is 4.05. The van der Waals surface area contributed by atoms with Crippen molar-refractivity contribution in [3.05, 3.63) is 77.9 Å². The van der Waals surface area contributed by atoms with Gasteiger partial charge >= 0.3 is 0 Å². The minimum atomic E-state index is -0.0520. The van der Waals surface area contributed by atoms with Crippen molar-refractivity contribution in [1.82, 2.24) is 14.9 Å². The SMILES string of the molecule is Cc1ccccc1Cn1cc(-c2ccncc2)cc1C(=O)NC(C)C. The topological polar surface area (TPSA) is 46.9 Å². The summed E-state index contributed by atoms with van der Waals surface area (Å²) in [5.41, 5.74) is 5.17. The molecule has 0 fully saturated rings. The fourth-order valence-corrected chi connectivity index (χ4v) is 2.84. The van der Waals surface area contributed by atoms with Gasteiger partial charge in [-0.05, 0) is 55.7 Å². The average molecular weight is 333 g/mol. The lowest BCUT2D eigenvalue weighted by atomic mass is 10.1. The van der Waals surface area contributed by atoms with Crippen LogP contribution in [0.2, 0.25) is 0 Å². The monoisotopic (exact) mass is 333 g/mol. The Kier molecular flexibility index (Phi) is 4.98. The van der Waals surface area contributed by atoms with Crippen LogP contribution in [0.4, 0.5) is 0 Å². The molecule has 2 aromatic heterocycles. The minimum Gasteiger partial charge on any atom is -0.349 e. The van der Waals surface area contributed by atoms with Crippen LogP contribution in [-0.2, 0) is 6.54 Å². The van der Waals surface area contributed by atoms with Gasteiger partial charge in [0.15, 0.2) is 0 Å². The van der Waals surface area contributed by atoms with Gasteiger partial charge in [0.2, 0.25) is 0 Å². The molecule has 0 atom stereocenters. The number of carbonyl (C=O) groups is 1. The van der Waals surface area contributed by atoms with E-state index in [4.69, 9.17) is 0 Å². The second kappa shape index (κ2) is 7.34. The molecular weight excluding hydrogens is 310 g/mol. The summed E-state index contributed by atoms with van der Waals surface area (Å²) in [6.07, 6.45) is 5.57. The van der Waals surface area contributed by atoms with Gasteiger partial charge in [-0.1, -0.05) is 24.3 Å². The summed E-state index contributed by atoms with van der Waals surface area (Å²) in [6.45, 7) is 6.70. The number of carbonyl (C=O) groups excluding carboxylic acids is 1. The van der Waals surface area contributed by atoms with Crippen LogP contribution in [0.3, 0.4) is 0 Å². The quantitative estimate of drug-likeness (QED) is 0.766. The Labute approximate surface area is 148 Å². The van der Waals surface area contributed by atoms with Crippen molar-refractivity contribution < 1.29 is 4.79 Å². The van der Waals surface area contributed by atoms with Gasteiger partial charge in [0.1, 0.15) is 5.69 Å². The number of rotatable bonds is 5. The lowest BCUT2D eigenvalue weighted by Crippen LogP contribution is -2.31. The van der Waals surface area contributed by atoms with E-state index >= 15 is 0 Å². The summed E-state index contributed by atoms with van der Waals surface area (Å²) in [4.78, 5) is 16.7. The first-order valence-electron chi connectivity index (χ1n) is 8.50. The molecule has 0 aliphatic rings. The second-order valence-corrected chi connectivity index (χ2v) is 6.53. The molecule has 1 aromatic carbocycles. The molecule has 4 heteroatoms. The van der Waals surface area contributed by atoms with Gasteiger partial charge in [-0.2, -0.15) is 0 Å². The number of amides is 1. The van der Waals surface area contributed by atoms with E-state index < -0.39 is 0 Å². The van der Waals surface area contributed by atoms with Crippen LogP contribution < -0.4 is 5.32 Å². The number of hydrogen-bond donors (Lipinski definition) is 1. The molecule has 0 unspecified atom stereocenters. The van der Waals surface area contributed by atoms with Gasteiger partial charge in [0.05, 0.1) is 0 Å². The maximum absolute atomic E-state index is 12.7. The molecule has 0 bridgehead atoms. The van der Waals surface area contributed by atoms with E-state index in [9.17, 15) is 4.79 Å². The van der Waals surface area contributed by atoms with Crippen molar-refractivity contribution in [1.29, 1.82) is 0 Å². The van der Waals surface area contributed by atoms with Gasteiger partial charge in [-0.25, -0.2) is 0 Å². The van der Waals surface area contributed by atoms with Crippen molar-refractivity contribution in [2.75, 3.05) is 0 Å². The Balaban J connectivity index is 2.01. The summed E-state index contributed by atoms with van der Waals surface area (Å²) in [7, 11) is 0. The molecule has 25 heavy (non-hydrogen) atoms. The van der Waals surface area contributed by atoms with Crippen LogP contribution in [0.25, 0.3) is 11.1 Å². The first kappa shape index (κ1) is 17.0. The summed E-state index contributed by atoms with van der Waals surface area (Å²) in [5, 5.41) is 2.99. The van der Waals surface area contributed by atoms with Crippen LogP contribution in [0, 0.1) is 6.92 Å². The minimum absolute atomic E-state index is 0.0520. The summed E-state index contributed by atoms with van der Waals surface area (Å²) in [5.74, 6) is -0.0520. The van der Waals surface area contributed by atoms with E-state index in [1.165, 1.54) is 11.1 Å². The molecule has 0 radical (unpaired) electrons. The third kappa shape index (κ3) is 3.97. The zero-order chi connectivity index (χ0) is 17.8. The van der Waals surface area contributed by atoms with Crippen molar-refractivity contribution in [3.63, 3.8) is 0 Å². The zero-order valence-electron chi connectivity index (χ0n) is 14.9. The van der Waals surface area contributed by atoms with E-state index in [1.54, 1.807) is 12.4 Å². The normalized spacial score (nSPS) is 10.9. The molecule has 1 N–H and O–H groups in total. The number of aryl methyl sites for hydroxylation is 1. The lowest BCUT2D eigenvalue weighted by molar-refractivity contribution is 0.0934. The Morgan fingerprint density at radius 2 is 1.84 bits per heavy atom. The van der Waals surface area contributed by atoms with Crippen LogP contribution in [0.1, 0.15) is 35.5 Å². The highest BCUT2D eigenvalue weighted by atomic mass is 16.2. The molecule has 0 saturated carbocycles. The molecular formula is C21H23N3O. The fraction of sp³-hybridized carbons (Fsp3) is 0.238. The second-order valence-electron chi connectivity index (χ2n) is 6.53. The highest BCUT2D eigenvalue weighted by molar-refractivity contribution is 5.94. The molecule has 0 aliphatic carbocycles. The molecule has 0 aliphatic heterocycles. The molecule has 3 rings (SSSR count). The summed E-state index contributed by atoms with van der Waals surface area (Å²) in [6, 6.07) is 14.2. The molecule has 3 aromatic rings. The number of benzene rings is 1. The fourth-order valence-electron chi connectivity index (χ4n) is 2.84.